The summed E-state index contributed by atoms with van der Waals surface area (Å²) in [4.78, 5) is 30.1. The Morgan fingerprint density at radius 2 is 1.88 bits per heavy atom. The largest absolute Gasteiger partial charge is 0.352 e. The second-order valence-electron chi connectivity index (χ2n) is 8.95. The molecule has 0 radical (unpaired) electrons. The molecule has 3 rings (SSSR count). The Bertz CT molecular complexity index is 976. The van der Waals surface area contributed by atoms with Crippen LogP contribution in [0.5, 0.6) is 0 Å². The maximum absolute atomic E-state index is 12.8. The van der Waals surface area contributed by atoms with Crippen LogP contribution in [0.4, 0.5) is 5.69 Å². The second kappa shape index (κ2) is 12.2. The smallest absolute Gasteiger partial charge is 0.251 e. The summed E-state index contributed by atoms with van der Waals surface area (Å²) in [6, 6.07) is 12.1. The van der Waals surface area contributed by atoms with E-state index in [-0.39, 0.29) is 11.8 Å². The number of carbonyl (C=O) groups excluding carboxylic acids is 2. The molecular formula is C27H38N3O2S+. The first kappa shape index (κ1) is 25.3. The van der Waals surface area contributed by atoms with Crippen LogP contribution in [0, 0.1) is 13.8 Å². The molecule has 0 aliphatic carbocycles. The fourth-order valence-electron chi connectivity index (χ4n) is 4.21. The van der Waals surface area contributed by atoms with Crippen molar-refractivity contribution >= 4 is 29.3 Å². The molecular weight excluding hydrogens is 430 g/mol. The van der Waals surface area contributed by atoms with Crippen molar-refractivity contribution in [3.63, 3.8) is 0 Å². The second-order valence-corrected chi connectivity index (χ2v) is 9.96. The Balaban J connectivity index is 1.66. The number of hydrogen-bond donors (Lipinski definition) is 2. The van der Waals surface area contributed by atoms with Crippen molar-refractivity contribution in [3.8, 4) is 0 Å². The highest BCUT2D eigenvalue weighted by atomic mass is 32.2. The average Bonchev–Trinajstić information content (AvgIpc) is 2.82. The first-order valence-corrected chi connectivity index (χ1v) is 13.2. The van der Waals surface area contributed by atoms with Crippen LogP contribution in [-0.2, 0) is 11.3 Å². The molecule has 0 spiro atoms. The Kier molecular flexibility index (Phi) is 9.39. The van der Waals surface area contributed by atoms with E-state index in [1.54, 1.807) is 16.7 Å². The molecule has 6 heteroatoms. The Morgan fingerprint density at radius 1 is 1.09 bits per heavy atom. The molecule has 2 aromatic carbocycles. The van der Waals surface area contributed by atoms with Crippen molar-refractivity contribution in [1.29, 1.82) is 0 Å². The summed E-state index contributed by atoms with van der Waals surface area (Å²) < 4.78 is 0. The zero-order valence-corrected chi connectivity index (χ0v) is 21.3. The van der Waals surface area contributed by atoms with E-state index in [0.717, 1.165) is 35.7 Å². The molecule has 1 heterocycles. The van der Waals surface area contributed by atoms with E-state index in [2.05, 4.69) is 51.2 Å². The predicted octanol–water partition coefficient (Wildman–Crippen LogP) is 3.77. The van der Waals surface area contributed by atoms with Gasteiger partial charge in [-0.1, -0.05) is 37.1 Å². The molecule has 0 aromatic heterocycles. The molecule has 1 aliphatic rings. The lowest BCUT2D eigenvalue weighted by Crippen LogP contribution is -3.11. The third kappa shape index (κ3) is 6.84. The minimum atomic E-state index is -0.0703. The van der Waals surface area contributed by atoms with Crippen LogP contribution in [0.1, 0.15) is 60.2 Å². The summed E-state index contributed by atoms with van der Waals surface area (Å²) in [6.45, 7) is 13.2. The minimum absolute atomic E-state index is 0.0703. The maximum Gasteiger partial charge on any atom is 0.251 e. The monoisotopic (exact) mass is 468 g/mol. The van der Waals surface area contributed by atoms with Crippen LogP contribution in [0.3, 0.4) is 0 Å². The van der Waals surface area contributed by atoms with Gasteiger partial charge in [-0.25, -0.2) is 0 Å². The number of nitrogens with one attached hydrogen (secondary N) is 2. The summed E-state index contributed by atoms with van der Waals surface area (Å²) in [6.07, 6.45) is 3.44. The van der Waals surface area contributed by atoms with Gasteiger partial charge in [-0.2, -0.15) is 0 Å². The van der Waals surface area contributed by atoms with Crippen molar-refractivity contribution in [2.45, 2.75) is 58.4 Å². The van der Waals surface area contributed by atoms with Crippen LogP contribution in [0.25, 0.3) is 0 Å². The number of hydrogen-bond acceptors (Lipinski definition) is 3. The minimum Gasteiger partial charge on any atom is -0.352 e. The summed E-state index contributed by atoms with van der Waals surface area (Å²) >= 11 is 1.55. The molecule has 0 saturated heterocycles. The fraction of sp³-hybridized carbons (Fsp3) is 0.481. The summed E-state index contributed by atoms with van der Waals surface area (Å²) in [5.74, 6) is 0.442. The number of amides is 2. The van der Waals surface area contributed by atoms with Gasteiger partial charge in [-0.05, 0) is 56.5 Å². The van der Waals surface area contributed by atoms with Crippen molar-refractivity contribution < 1.29 is 14.5 Å². The van der Waals surface area contributed by atoms with Crippen LogP contribution < -0.4 is 15.1 Å². The first-order chi connectivity index (χ1) is 15.9. The van der Waals surface area contributed by atoms with Gasteiger partial charge in [0.15, 0.2) is 0 Å². The lowest BCUT2D eigenvalue weighted by molar-refractivity contribution is -0.898. The van der Waals surface area contributed by atoms with Crippen LogP contribution in [0.2, 0.25) is 0 Å². The van der Waals surface area contributed by atoms with Crippen LogP contribution in [0.15, 0.2) is 41.3 Å². The highest BCUT2D eigenvalue weighted by Gasteiger charge is 2.26. The number of nitrogens with zero attached hydrogens (tertiary/aromatic N) is 1. The molecule has 0 fully saturated rings. The highest BCUT2D eigenvalue weighted by molar-refractivity contribution is 8.00. The van der Waals surface area contributed by atoms with Gasteiger partial charge in [0.1, 0.15) is 0 Å². The van der Waals surface area contributed by atoms with E-state index < -0.39 is 0 Å². The van der Waals surface area contributed by atoms with Crippen molar-refractivity contribution in [2.75, 3.05) is 36.8 Å². The van der Waals surface area contributed by atoms with Crippen LogP contribution >= 0.6 is 11.8 Å². The molecule has 33 heavy (non-hydrogen) atoms. The molecule has 2 aromatic rings. The van der Waals surface area contributed by atoms with E-state index in [9.17, 15) is 9.59 Å². The summed E-state index contributed by atoms with van der Waals surface area (Å²) in [7, 11) is 0. The number of anilines is 1. The number of carbonyl (C=O) groups is 2. The molecule has 1 aliphatic heterocycles. The van der Waals surface area contributed by atoms with Gasteiger partial charge in [0.05, 0.1) is 37.6 Å². The van der Waals surface area contributed by atoms with Crippen molar-refractivity contribution in [2.24, 2.45) is 0 Å². The van der Waals surface area contributed by atoms with Gasteiger partial charge in [0.2, 0.25) is 5.91 Å². The zero-order valence-electron chi connectivity index (χ0n) is 20.5. The number of thioether (sulfide) groups is 1. The number of rotatable bonds is 11. The van der Waals surface area contributed by atoms with Gasteiger partial charge in [0.25, 0.3) is 5.91 Å². The number of fused-ring (bicyclic) bond motifs is 1. The van der Waals surface area contributed by atoms with E-state index in [4.69, 9.17) is 0 Å². The van der Waals surface area contributed by atoms with Gasteiger partial charge in [-0.15, -0.1) is 11.8 Å². The highest BCUT2D eigenvalue weighted by Crippen LogP contribution is 2.37. The fourth-order valence-corrected chi connectivity index (χ4v) is 5.12. The van der Waals surface area contributed by atoms with Gasteiger partial charge in [-0.3, -0.25) is 9.59 Å². The lowest BCUT2D eigenvalue weighted by Gasteiger charge is -2.30. The van der Waals surface area contributed by atoms with E-state index in [0.29, 0.717) is 24.4 Å². The van der Waals surface area contributed by atoms with Crippen molar-refractivity contribution in [1.82, 2.24) is 5.32 Å². The SMILES string of the molecule is CCCC[NH+](CC)CCCNC(=O)c1ccc2c(c1)N(Cc1cc(C)ccc1C)C(=O)CS2. The standard InChI is InChI=1S/C27H37N3O2S/c1-5-7-14-29(6-2)15-8-13-28-27(32)22-11-12-25-24(17-22)30(26(31)19-33-25)18-23-16-20(3)9-10-21(23)4/h9-12,16-17H,5-8,13-15,18-19H2,1-4H3,(H,28,32)/p+1. The Labute approximate surface area is 202 Å². The quantitative estimate of drug-likeness (QED) is 0.494. The van der Waals surface area contributed by atoms with Crippen LogP contribution in [-0.4, -0.2) is 43.7 Å². The summed E-state index contributed by atoms with van der Waals surface area (Å²) in [5, 5.41) is 3.07. The lowest BCUT2D eigenvalue weighted by atomic mass is 10.0. The molecule has 178 valence electrons. The molecule has 1 unspecified atom stereocenters. The third-order valence-electron chi connectivity index (χ3n) is 6.37. The average molecular weight is 469 g/mol. The predicted molar refractivity (Wildman–Crippen MR) is 137 cm³/mol. The number of benzene rings is 2. The molecule has 2 N–H and O–H groups in total. The zero-order chi connectivity index (χ0) is 23.8. The number of aryl methyl sites for hydroxylation is 2. The van der Waals surface area contributed by atoms with Gasteiger partial charge < -0.3 is 15.1 Å². The van der Waals surface area contributed by atoms with E-state index in [1.807, 2.05) is 23.1 Å². The molecule has 0 saturated carbocycles. The van der Waals surface area contributed by atoms with E-state index in [1.165, 1.54) is 30.5 Å². The number of unbranched alkanes of at least 4 members (excludes halogenated alkanes) is 1. The first-order valence-electron chi connectivity index (χ1n) is 12.2. The molecule has 0 bridgehead atoms. The molecule has 5 nitrogen and oxygen atoms in total. The molecule has 2 amide bonds. The maximum atomic E-state index is 12.8. The number of quaternary nitrogens is 1. The molecule has 1 atom stereocenters. The normalized spacial score (nSPS) is 14.2. The van der Waals surface area contributed by atoms with Gasteiger partial charge >= 0.3 is 0 Å². The Morgan fingerprint density at radius 3 is 2.64 bits per heavy atom. The van der Waals surface area contributed by atoms with Gasteiger partial charge in [0, 0.05) is 23.4 Å². The Hall–Kier alpha value is -2.31. The third-order valence-corrected chi connectivity index (χ3v) is 7.42. The summed E-state index contributed by atoms with van der Waals surface area (Å²) in [5.41, 5.74) is 4.94. The van der Waals surface area contributed by atoms with E-state index >= 15 is 0 Å². The van der Waals surface area contributed by atoms with Crippen molar-refractivity contribution in [3.05, 3.63) is 58.7 Å². The topological polar surface area (TPSA) is 53.9 Å².